The lowest BCUT2D eigenvalue weighted by molar-refractivity contribution is 0.102. The lowest BCUT2D eigenvalue weighted by Crippen LogP contribution is -2.11. The topological polar surface area (TPSA) is 57.8 Å². The Morgan fingerprint density at radius 2 is 2.33 bits per heavy atom. The molecule has 1 amide bonds. The van der Waals surface area contributed by atoms with Gasteiger partial charge in [-0.05, 0) is 18.2 Å². The number of anilines is 1. The molecular weight excluding hydrogens is 253 g/mol. The van der Waals surface area contributed by atoms with Gasteiger partial charge in [0.15, 0.2) is 5.13 Å². The maximum absolute atomic E-state index is 13.5. The second-order valence-corrected chi connectivity index (χ2v) is 4.57. The average Bonchev–Trinajstić information content (AvgIpc) is 2.97. The molecule has 2 heterocycles. The highest BCUT2D eigenvalue weighted by Gasteiger charge is 2.12. The monoisotopic (exact) mass is 261 g/mol. The smallest absolute Gasteiger partial charge is 0.273 e. The van der Waals surface area contributed by atoms with Crippen LogP contribution < -0.4 is 5.32 Å². The number of carbonyl (C=O) groups is 1. The molecule has 0 spiro atoms. The molecule has 0 radical (unpaired) electrons. The molecule has 0 saturated heterocycles. The molecule has 2 aromatic heterocycles. The lowest BCUT2D eigenvalue weighted by Gasteiger charge is -1.97. The molecule has 0 atom stereocenters. The molecule has 0 aliphatic rings. The molecule has 0 bridgehead atoms. The third-order valence-corrected chi connectivity index (χ3v) is 3.20. The number of H-pyrrole nitrogens is 1. The average molecular weight is 261 g/mol. The first-order valence-corrected chi connectivity index (χ1v) is 6.10. The van der Waals surface area contributed by atoms with E-state index in [-0.39, 0.29) is 11.7 Å². The van der Waals surface area contributed by atoms with E-state index in [0.29, 0.717) is 21.7 Å². The van der Waals surface area contributed by atoms with Gasteiger partial charge in [0.05, 0.1) is 0 Å². The summed E-state index contributed by atoms with van der Waals surface area (Å²) in [6.45, 7) is 0. The molecule has 4 nitrogen and oxygen atoms in total. The van der Waals surface area contributed by atoms with E-state index < -0.39 is 0 Å². The summed E-state index contributed by atoms with van der Waals surface area (Å²) in [7, 11) is 0. The quantitative estimate of drug-likeness (QED) is 0.745. The Morgan fingerprint density at radius 1 is 1.44 bits per heavy atom. The third-order valence-electron chi connectivity index (χ3n) is 2.51. The Kier molecular flexibility index (Phi) is 2.56. The highest BCUT2D eigenvalue weighted by molar-refractivity contribution is 7.13. The molecule has 0 unspecified atom stereocenters. The summed E-state index contributed by atoms with van der Waals surface area (Å²) in [6.07, 6.45) is 1.60. The van der Waals surface area contributed by atoms with Gasteiger partial charge in [-0.1, -0.05) is 6.07 Å². The largest absolute Gasteiger partial charge is 0.350 e. The van der Waals surface area contributed by atoms with E-state index in [2.05, 4.69) is 15.3 Å². The van der Waals surface area contributed by atoms with E-state index in [1.807, 2.05) is 0 Å². The van der Waals surface area contributed by atoms with Crippen molar-refractivity contribution in [3.05, 3.63) is 47.4 Å². The second-order valence-electron chi connectivity index (χ2n) is 3.68. The van der Waals surface area contributed by atoms with Crippen LogP contribution in [0.25, 0.3) is 10.9 Å². The molecule has 3 aromatic rings. The first-order valence-electron chi connectivity index (χ1n) is 5.22. The Bertz CT molecular complexity index is 705. The number of carbonyl (C=O) groups excluding carboxylic acids is 1. The molecule has 0 aliphatic heterocycles. The van der Waals surface area contributed by atoms with E-state index in [1.165, 1.54) is 23.5 Å². The Morgan fingerprint density at radius 3 is 3.06 bits per heavy atom. The van der Waals surface area contributed by atoms with Crippen molar-refractivity contribution in [2.75, 3.05) is 5.32 Å². The van der Waals surface area contributed by atoms with Gasteiger partial charge in [-0.25, -0.2) is 9.37 Å². The Balaban J connectivity index is 1.94. The number of thiazole rings is 1. The number of benzene rings is 1. The number of fused-ring (bicyclic) bond motifs is 1. The zero-order chi connectivity index (χ0) is 12.5. The number of rotatable bonds is 2. The molecule has 0 aliphatic carbocycles. The summed E-state index contributed by atoms with van der Waals surface area (Å²) in [5.41, 5.74) is 0.907. The molecule has 18 heavy (non-hydrogen) atoms. The summed E-state index contributed by atoms with van der Waals surface area (Å²) in [5.74, 6) is -0.683. The number of nitrogens with one attached hydrogen (secondary N) is 2. The van der Waals surface area contributed by atoms with Gasteiger partial charge in [0, 0.05) is 22.5 Å². The predicted molar refractivity (Wildman–Crippen MR) is 68.3 cm³/mol. The highest BCUT2D eigenvalue weighted by atomic mass is 32.1. The maximum atomic E-state index is 13.5. The molecule has 6 heteroatoms. The summed E-state index contributed by atoms with van der Waals surface area (Å²) >= 11 is 1.32. The number of halogens is 1. The second kappa shape index (κ2) is 4.23. The van der Waals surface area contributed by atoms with E-state index >= 15 is 0 Å². The van der Waals surface area contributed by atoms with Crippen molar-refractivity contribution in [2.24, 2.45) is 0 Å². The van der Waals surface area contributed by atoms with Crippen LogP contribution in [0.15, 0.2) is 35.8 Å². The van der Waals surface area contributed by atoms with E-state index in [1.54, 1.807) is 23.7 Å². The summed E-state index contributed by atoms with van der Waals surface area (Å²) in [6, 6.07) is 6.17. The van der Waals surface area contributed by atoms with Crippen molar-refractivity contribution >= 4 is 33.3 Å². The lowest BCUT2D eigenvalue weighted by atomic mass is 10.2. The molecular formula is C12H8FN3OS. The van der Waals surface area contributed by atoms with Gasteiger partial charge in [0.25, 0.3) is 5.91 Å². The number of aromatic nitrogens is 2. The van der Waals surface area contributed by atoms with Gasteiger partial charge in [-0.2, -0.15) is 0 Å². The fourth-order valence-electron chi connectivity index (χ4n) is 1.69. The van der Waals surface area contributed by atoms with Crippen LogP contribution in [0.3, 0.4) is 0 Å². The number of hydrogen-bond acceptors (Lipinski definition) is 3. The highest BCUT2D eigenvalue weighted by Crippen LogP contribution is 2.19. The number of aromatic amines is 1. The van der Waals surface area contributed by atoms with Crippen LogP contribution in [0.4, 0.5) is 9.52 Å². The minimum Gasteiger partial charge on any atom is -0.350 e. The van der Waals surface area contributed by atoms with E-state index in [4.69, 9.17) is 0 Å². The predicted octanol–water partition coefficient (Wildman–Crippen LogP) is 3.02. The summed E-state index contributed by atoms with van der Waals surface area (Å²) < 4.78 is 13.5. The van der Waals surface area contributed by atoms with Gasteiger partial charge in [0.1, 0.15) is 11.5 Å². The first kappa shape index (κ1) is 10.9. The van der Waals surface area contributed by atoms with E-state index in [9.17, 15) is 9.18 Å². The summed E-state index contributed by atoms with van der Waals surface area (Å²) in [4.78, 5) is 18.7. The minimum absolute atomic E-state index is 0.310. The van der Waals surface area contributed by atoms with Gasteiger partial charge >= 0.3 is 0 Å². The minimum atomic E-state index is -0.350. The molecule has 3 rings (SSSR count). The molecule has 2 N–H and O–H groups in total. The number of amides is 1. The van der Waals surface area contributed by atoms with Gasteiger partial charge in [0.2, 0.25) is 0 Å². The van der Waals surface area contributed by atoms with Crippen molar-refractivity contribution < 1.29 is 9.18 Å². The van der Waals surface area contributed by atoms with Crippen LogP contribution in [0, 0.1) is 5.82 Å². The molecule has 0 fully saturated rings. The fraction of sp³-hybridized carbons (Fsp3) is 0. The zero-order valence-corrected chi connectivity index (χ0v) is 9.92. The fourth-order valence-corrected chi connectivity index (χ4v) is 2.21. The van der Waals surface area contributed by atoms with Crippen LogP contribution >= 0.6 is 11.3 Å². The third kappa shape index (κ3) is 1.86. The molecule has 90 valence electrons. The van der Waals surface area contributed by atoms with Gasteiger partial charge in [-0.3, -0.25) is 10.1 Å². The molecule has 0 saturated carbocycles. The van der Waals surface area contributed by atoms with Gasteiger partial charge < -0.3 is 4.98 Å². The van der Waals surface area contributed by atoms with Crippen molar-refractivity contribution in [3.8, 4) is 0 Å². The van der Waals surface area contributed by atoms with Crippen LogP contribution in [0.5, 0.6) is 0 Å². The Hall–Kier alpha value is -2.21. The van der Waals surface area contributed by atoms with Crippen molar-refractivity contribution in [2.45, 2.75) is 0 Å². The van der Waals surface area contributed by atoms with Crippen LogP contribution in [-0.2, 0) is 0 Å². The SMILES string of the molecule is O=C(Nc1nccs1)c1cc2c(F)cccc2[nH]1. The van der Waals surface area contributed by atoms with Crippen molar-refractivity contribution in [1.29, 1.82) is 0 Å². The first-order chi connectivity index (χ1) is 8.74. The normalized spacial score (nSPS) is 10.7. The van der Waals surface area contributed by atoms with Crippen LogP contribution in [0.2, 0.25) is 0 Å². The Labute approximate surface area is 105 Å². The van der Waals surface area contributed by atoms with Crippen molar-refractivity contribution in [1.82, 2.24) is 9.97 Å². The number of hydrogen-bond donors (Lipinski definition) is 2. The van der Waals surface area contributed by atoms with E-state index in [0.717, 1.165) is 0 Å². The molecule has 1 aromatic carbocycles. The maximum Gasteiger partial charge on any atom is 0.273 e. The standard InChI is InChI=1S/C12H8FN3OS/c13-8-2-1-3-9-7(8)6-10(15-9)11(17)16-12-14-4-5-18-12/h1-6,15H,(H,14,16,17). The van der Waals surface area contributed by atoms with Crippen LogP contribution in [-0.4, -0.2) is 15.9 Å². The van der Waals surface area contributed by atoms with Crippen molar-refractivity contribution in [3.63, 3.8) is 0 Å². The number of nitrogens with zero attached hydrogens (tertiary/aromatic N) is 1. The zero-order valence-electron chi connectivity index (χ0n) is 9.11. The summed E-state index contributed by atoms with van der Waals surface area (Å²) in [5, 5.41) is 5.32. The van der Waals surface area contributed by atoms with Gasteiger partial charge in [-0.15, -0.1) is 11.3 Å². The van der Waals surface area contributed by atoms with Crippen LogP contribution in [0.1, 0.15) is 10.5 Å².